The van der Waals surface area contributed by atoms with Crippen molar-refractivity contribution < 1.29 is 14.4 Å². The standard InChI is InChI=1S/C13H21N5O3/c1-9(2)14-13(21)18-7-5-17(6-8-18)12(20)10-3-4-11(19)16-15-10/h9H,3-8H2,1-2H3,(H,14,21)(H,16,19). The van der Waals surface area contributed by atoms with Crippen molar-refractivity contribution in [2.24, 2.45) is 5.10 Å². The Morgan fingerprint density at radius 1 is 1.14 bits per heavy atom. The number of carbonyl (C=O) groups excluding carboxylic acids is 3. The van der Waals surface area contributed by atoms with E-state index in [1.165, 1.54) is 0 Å². The molecule has 0 radical (unpaired) electrons. The van der Waals surface area contributed by atoms with Crippen molar-refractivity contribution in [3.63, 3.8) is 0 Å². The smallest absolute Gasteiger partial charge is 0.317 e. The van der Waals surface area contributed by atoms with Crippen molar-refractivity contribution in [3.8, 4) is 0 Å². The van der Waals surface area contributed by atoms with Crippen molar-refractivity contribution in [2.45, 2.75) is 32.7 Å². The van der Waals surface area contributed by atoms with Crippen LogP contribution in [0.5, 0.6) is 0 Å². The number of hydrazone groups is 1. The molecular weight excluding hydrogens is 274 g/mol. The molecule has 0 saturated carbocycles. The summed E-state index contributed by atoms with van der Waals surface area (Å²) in [6.07, 6.45) is 0.667. The summed E-state index contributed by atoms with van der Waals surface area (Å²) in [6.45, 7) is 5.79. The molecule has 1 saturated heterocycles. The predicted octanol–water partition coefficient (Wildman–Crippen LogP) is -0.485. The molecule has 2 N–H and O–H groups in total. The maximum absolute atomic E-state index is 12.2. The molecule has 0 unspecified atom stereocenters. The molecule has 2 heterocycles. The van der Waals surface area contributed by atoms with Crippen LogP contribution in [0.15, 0.2) is 5.10 Å². The molecule has 8 nitrogen and oxygen atoms in total. The normalized spacial score (nSPS) is 19.2. The Morgan fingerprint density at radius 2 is 1.76 bits per heavy atom. The summed E-state index contributed by atoms with van der Waals surface area (Å²) in [5, 5.41) is 6.65. The number of urea groups is 1. The lowest BCUT2D eigenvalue weighted by molar-refractivity contribution is -0.125. The summed E-state index contributed by atoms with van der Waals surface area (Å²) in [4.78, 5) is 38.5. The Morgan fingerprint density at radius 3 is 2.29 bits per heavy atom. The fraction of sp³-hybridized carbons (Fsp3) is 0.692. The molecule has 21 heavy (non-hydrogen) atoms. The van der Waals surface area contributed by atoms with Crippen LogP contribution in [-0.2, 0) is 9.59 Å². The minimum absolute atomic E-state index is 0.0948. The molecular formula is C13H21N5O3. The van der Waals surface area contributed by atoms with E-state index in [0.717, 1.165) is 0 Å². The molecule has 0 bridgehead atoms. The topological polar surface area (TPSA) is 94.1 Å². The molecule has 2 aliphatic heterocycles. The lowest BCUT2D eigenvalue weighted by atomic mass is 10.1. The zero-order valence-corrected chi connectivity index (χ0v) is 12.4. The molecule has 4 amide bonds. The lowest BCUT2D eigenvalue weighted by Gasteiger charge is -2.35. The van der Waals surface area contributed by atoms with Gasteiger partial charge in [-0.2, -0.15) is 5.10 Å². The molecule has 116 valence electrons. The average molecular weight is 295 g/mol. The first-order chi connectivity index (χ1) is 9.97. The third-order valence-electron chi connectivity index (χ3n) is 3.42. The van der Waals surface area contributed by atoms with Crippen LogP contribution in [0.1, 0.15) is 26.7 Å². The molecule has 0 aromatic heterocycles. The summed E-state index contributed by atoms with van der Waals surface area (Å²) >= 11 is 0. The van der Waals surface area contributed by atoms with Crippen LogP contribution in [0.25, 0.3) is 0 Å². The molecule has 2 aliphatic rings. The molecule has 0 atom stereocenters. The zero-order valence-electron chi connectivity index (χ0n) is 12.4. The molecule has 0 aromatic rings. The quantitative estimate of drug-likeness (QED) is 0.720. The van der Waals surface area contributed by atoms with Crippen molar-refractivity contribution in [1.29, 1.82) is 0 Å². The van der Waals surface area contributed by atoms with Gasteiger partial charge in [-0.15, -0.1) is 0 Å². The van der Waals surface area contributed by atoms with Crippen LogP contribution in [0.4, 0.5) is 4.79 Å². The predicted molar refractivity (Wildman–Crippen MR) is 76.6 cm³/mol. The van der Waals surface area contributed by atoms with Crippen molar-refractivity contribution in [1.82, 2.24) is 20.5 Å². The second-order valence-electron chi connectivity index (χ2n) is 5.48. The fourth-order valence-electron chi connectivity index (χ4n) is 2.26. The number of carbonyl (C=O) groups is 3. The zero-order chi connectivity index (χ0) is 15.4. The molecule has 0 aromatic carbocycles. The SMILES string of the molecule is CC(C)NC(=O)N1CCN(C(=O)C2=NNC(=O)CC2)CC1. The first-order valence-electron chi connectivity index (χ1n) is 7.17. The number of nitrogens with zero attached hydrogens (tertiary/aromatic N) is 3. The van der Waals surface area contributed by atoms with Crippen LogP contribution in [0.3, 0.4) is 0 Å². The van der Waals surface area contributed by atoms with Gasteiger partial charge >= 0.3 is 6.03 Å². The van der Waals surface area contributed by atoms with Crippen LogP contribution in [0.2, 0.25) is 0 Å². The van der Waals surface area contributed by atoms with E-state index in [4.69, 9.17) is 0 Å². The summed E-state index contributed by atoms with van der Waals surface area (Å²) in [5.41, 5.74) is 2.71. The van der Waals surface area contributed by atoms with Gasteiger partial charge in [0.05, 0.1) is 0 Å². The first kappa shape index (κ1) is 15.3. The van der Waals surface area contributed by atoms with Crippen LogP contribution < -0.4 is 10.7 Å². The number of piperazine rings is 1. The summed E-state index contributed by atoms with van der Waals surface area (Å²) < 4.78 is 0. The second-order valence-corrected chi connectivity index (χ2v) is 5.48. The summed E-state index contributed by atoms with van der Waals surface area (Å²) in [5.74, 6) is -0.319. The van der Waals surface area contributed by atoms with E-state index in [1.807, 2.05) is 13.8 Å². The van der Waals surface area contributed by atoms with Gasteiger partial charge in [-0.05, 0) is 13.8 Å². The molecule has 0 aliphatic carbocycles. The Hall–Kier alpha value is -2.12. The van der Waals surface area contributed by atoms with E-state index in [1.54, 1.807) is 9.80 Å². The van der Waals surface area contributed by atoms with Crippen molar-refractivity contribution >= 4 is 23.6 Å². The average Bonchev–Trinajstić information content (AvgIpc) is 2.47. The largest absolute Gasteiger partial charge is 0.336 e. The molecule has 1 fully saturated rings. The van der Waals surface area contributed by atoms with Crippen molar-refractivity contribution in [2.75, 3.05) is 26.2 Å². The Bertz CT molecular complexity index is 466. The van der Waals surface area contributed by atoms with E-state index < -0.39 is 0 Å². The van der Waals surface area contributed by atoms with Gasteiger partial charge < -0.3 is 15.1 Å². The third-order valence-corrected chi connectivity index (χ3v) is 3.42. The number of hydrogen-bond donors (Lipinski definition) is 2. The van der Waals surface area contributed by atoms with Gasteiger partial charge in [-0.1, -0.05) is 0 Å². The summed E-state index contributed by atoms with van der Waals surface area (Å²) in [6, 6.07) is -0.00302. The van der Waals surface area contributed by atoms with Gasteiger partial charge in [0.2, 0.25) is 5.91 Å². The van der Waals surface area contributed by atoms with Crippen LogP contribution in [0, 0.1) is 0 Å². The van der Waals surface area contributed by atoms with Gasteiger partial charge in [-0.25, -0.2) is 10.2 Å². The molecule has 8 heteroatoms. The highest BCUT2D eigenvalue weighted by molar-refractivity contribution is 6.39. The van der Waals surface area contributed by atoms with Gasteiger partial charge in [0.25, 0.3) is 5.91 Å². The minimum atomic E-state index is -0.165. The molecule has 2 rings (SSSR count). The number of hydrogen-bond acceptors (Lipinski definition) is 4. The van der Waals surface area contributed by atoms with Gasteiger partial charge in [-0.3, -0.25) is 9.59 Å². The maximum Gasteiger partial charge on any atom is 0.317 e. The van der Waals surface area contributed by atoms with E-state index in [2.05, 4.69) is 15.8 Å². The fourth-order valence-corrected chi connectivity index (χ4v) is 2.26. The third kappa shape index (κ3) is 3.93. The van der Waals surface area contributed by atoms with Crippen molar-refractivity contribution in [3.05, 3.63) is 0 Å². The Labute approximate surface area is 123 Å². The van der Waals surface area contributed by atoms with E-state index >= 15 is 0 Å². The second kappa shape index (κ2) is 6.55. The highest BCUT2D eigenvalue weighted by Gasteiger charge is 2.28. The van der Waals surface area contributed by atoms with E-state index in [0.29, 0.717) is 44.7 Å². The number of nitrogens with one attached hydrogen (secondary N) is 2. The van der Waals surface area contributed by atoms with Crippen LogP contribution >= 0.6 is 0 Å². The minimum Gasteiger partial charge on any atom is -0.336 e. The van der Waals surface area contributed by atoms with E-state index in [9.17, 15) is 14.4 Å². The maximum atomic E-state index is 12.2. The Kier molecular flexibility index (Phi) is 4.77. The summed E-state index contributed by atoms with van der Waals surface area (Å²) in [7, 11) is 0. The van der Waals surface area contributed by atoms with Gasteiger partial charge in [0, 0.05) is 45.1 Å². The van der Waals surface area contributed by atoms with Gasteiger partial charge in [0.15, 0.2) is 0 Å². The van der Waals surface area contributed by atoms with Gasteiger partial charge in [0.1, 0.15) is 5.71 Å². The van der Waals surface area contributed by atoms with E-state index in [-0.39, 0.29) is 23.9 Å². The Balaban J connectivity index is 1.85. The highest BCUT2D eigenvalue weighted by Crippen LogP contribution is 2.08. The number of amides is 4. The van der Waals surface area contributed by atoms with Crippen LogP contribution in [-0.4, -0.2) is 65.6 Å². The monoisotopic (exact) mass is 295 g/mol. The lowest BCUT2D eigenvalue weighted by Crippen LogP contribution is -2.55. The molecule has 0 spiro atoms. The highest BCUT2D eigenvalue weighted by atomic mass is 16.2. The first-order valence-corrected chi connectivity index (χ1v) is 7.17. The number of rotatable bonds is 2.